The number of rotatable bonds is 3. The molecule has 3 aromatic heterocycles. The maximum Gasteiger partial charge on any atom is 0.162 e. The van der Waals surface area contributed by atoms with E-state index in [-0.39, 0.29) is 0 Å². The maximum absolute atomic E-state index is 6.42. The minimum absolute atomic E-state index is 0.697. The fraction of sp³-hybridized carbons (Fsp3) is 0. The van der Waals surface area contributed by atoms with E-state index in [0.717, 1.165) is 66.4 Å². The van der Waals surface area contributed by atoms with E-state index in [9.17, 15) is 0 Å². The Kier molecular flexibility index (Phi) is 4.87. The molecular weight excluding hydrogens is 514 g/mol. The van der Waals surface area contributed by atoms with Crippen LogP contribution in [0.5, 0.6) is 0 Å². The molecule has 0 fully saturated rings. The minimum atomic E-state index is 0.697. The van der Waals surface area contributed by atoms with Crippen molar-refractivity contribution in [2.24, 2.45) is 0 Å². The van der Waals surface area contributed by atoms with E-state index in [4.69, 9.17) is 14.4 Å². The van der Waals surface area contributed by atoms with Crippen LogP contribution in [0.25, 0.3) is 83.0 Å². The molecule has 9 rings (SSSR count). The molecule has 0 saturated carbocycles. The third-order valence-corrected chi connectivity index (χ3v) is 8.22. The molecule has 0 aliphatic heterocycles. The van der Waals surface area contributed by atoms with Crippen molar-refractivity contribution in [1.82, 2.24) is 14.5 Å². The monoisotopic (exact) mass is 537 g/mol. The molecular formula is C38H23N3O. The number of para-hydroxylation sites is 2. The summed E-state index contributed by atoms with van der Waals surface area (Å²) in [6, 6.07) is 48.3. The second-order valence-electron chi connectivity index (χ2n) is 10.6. The lowest BCUT2D eigenvalue weighted by Gasteiger charge is -2.12. The van der Waals surface area contributed by atoms with Crippen LogP contribution in [0.4, 0.5) is 0 Å². The van der Waals surface area contributed by atoms with Gasteiger partial charge >= 0.3 is 0 Å². The first-order chi connectivity index (χ1) is 20.8. The van der Waals surface area contributed by atoms with Gasteiger partial charge in [-0.1, -0.05) is 103 Å². The van der Waals surface area contributed by atoms with Crippen LogP contribution in [0, 0.1) is 0 Å². The zero-order valence-electron chi connectivity index (χ0n) is 22.5. The molecule has 0 unspecified atom stereocenters. The van der Waals surface area contributed by atoms with Crippen LogP contribution < -0.4 is 0 Å². The van der Waals surface area contributed by atoms with E-state index in [1.807, 2.05) is 48.5 Å². The number of hydrogen-bond acceptors (Lipinski definition) is 3. The zero-order valence-corrected chi connectivity index (χ0v) is 22.5. The highest BCUT2D eigenvalue weighted by Crippen LogP contribution is 2.41. The van der Waals surface area contributed by atoms with Crippen molar-refractivity contribution < 1.29 is 4.42 Å². The van der Waals surface area contributed by atoms with Crippen LogP contribution in [-0.4, -0.2) is 14.5 Å². The van der Waals surface area contributed by atoms with Crippen molar-refractivity contribution in [3.8, 4) is 28.5 Å². The summed E-state index contributed by atoms with van der Waals surface area (Å²) in [5, 5.41) is 6.91. The highest BCUT2D eigenvalue weighted by atomic mass is 16.3. The Bertz CT molecular complexity index is 2400. The van der Waals surface area contributed by atoms with Crippen LogP contribution in [-0.2, 0) is 0 Å². The Morgan fingerprint density at radius 1 is 0.476 bits per heavy atom. The first kappa shape index (κ1) is 23.0. The van der Waals surface area contributed by atoms with Gasteiger partial charge in [-0.3, -0.25) is 4.57 Å². The summed E-state index contributed by atoms with van der Waals surface area (Å²) in [5.41, 5.74) is 6.94. The van der Waals surface area contributed by atoms with Gasteiger partial charge in [0.1, 0.15) is 17.0 Å². The number of fused-ring (bicyclic) bond motifs is 9. The van der Waals surface area contributed by atoms with Gasteiger partial charge in [-0.2, -0.15) is 0 Å². The molecule has 42 heavy (non-hydrogen) atoms. The molecule has 0 N–H and O–H groups in total. The molecule has 0 radical (unpaired) electrons. The third kappa shape index (κ3) is 3.36. The summed E-state index contributed by atoms with van der Waals surface area (Å²) in [7, 11) is 0. The lowest BCUT2D eigenvalue weighted by molar-refractivity contribution is 0.672. The third-order valence-electron chi connectivity index (χ3n) is 8.22. The lowest BCUT2D eigenvalue weighted by atomic mass is 10.0. The SMILES string of the molecule is c1ccc(-c2cc(-n3c4ccccc4c4c5ccc6c7ccccc7oc6c5ccc43)nc(-c3ccccc3)n2)cc1. The minimum Gasteiger partial charge on any atom is -0.455 e. The zero-order chi connectivity index (χ0) is 27.6. The summed E-state index contributed by atoms with van der Waals surface area (Å²) in [6.45, 7) is 0. The molecule has 4 heteroatoms. The summed E-state index contributed by atoms with van der Waals surface area (Å²) < 4.78 is 8.69. The predicted octanol–water partition coefficient (Wildman–Crippen LogP) is 9.96. The molecule has 0 amide bonds. The summed E-state index contributed by atoms with van der Waals surface area (Å²) in [5.74, 6) is 1.53. The van der Waals surface area contributed by atoms with E-state index < -0.39 is 0 Å². The average molecular weight is 538 g/mol. The van der Waals surface area contributed by atoms with Crippen molar-refractivity contribution in [3.63, 3.8) is 0 Å². The van der Waals surface area contributed by atoms with Crippen molar-refractivity contribution in [1.29, 1.82) is 0 Å². The van der Waals surface area contributed by atoms with Crippen LogP contribution in [0.3, 0.4) is 0 Å². The van der Waals surface area contributed by atoms with E-state index in [2.05, 4.69) is 95.6 Å². The molecule has 196 valence electrons. The molecule has 6 aromatic carbocycles. The number of hydrogen-bond donors (Lipinski definition) is 0. The molecule has 0 bridgehead atoms. The van der Waals surface area contributed by atoms with E-state index in [1.165, 1.54) is 10.8 Å². The highest BCUT2D eigenvalue weighted by molar-refractivity contribution is 6.26. The second kappa shape index (κ2) is 8.88. The van der Waals surface area contributed by atoms with Gasteiger partial charge in [0, 0.05) is 44.1 Å². The van der Waals surface area contributed by atoms with Crippen LogP contribution >= 0.6 is 0 Å². The molecule has 0 saturated heterocycles. The van der Waals surface area contributed by atoms with Crippen LogP contribution in [0.15, 0.2) is 144 Å². The Morgan fingerprint density at radius 2 is 1.12 bits per heavy atom. The fourth-order valence-corrected chi connectivity index (χ4v) is 6.32. The molecule has 0 atom stereocenters. The van der Waals surface area contributed by atoms with Crippen molar-refractivity contribution in [2.75, 3.05) is 0 Å². The number of aromatic nitrogens is 3. The van der Waals surface area contributed by atoms with Crippen LogP contribution in [0.1, 0.15) is 0 Å². The number of benzene rings is 6. The standard InChI is InChI=1S/C38H23N3O/c1-3-11-24(12-4-1)31-23-35(40-38(39-31)25-13-5-2-6-14-25)41-32-17-9-7-16-30(32)36-27-19-20-28-26-15-8-10-18-34(26)42-37(28)29(27)21-22-33(36)41/h1-23H. The quantitative estimate of drug-likeness (QED) is 0.225. The Labute approximate surface area is 241 Å². The predicted molar refractivity (Wildman–Crippen MR) is 172 cm³/mol. The average Bonchev–Trinajstić information content (AvgIpc) is 3.61. The molecule has 4 nitrogen and oxygen atoms in total. The van der Waals surface area contributed by atoms with Gasteiger partial charge in [0.2, 0.25) is 0 Å². The van der Waals surface area contributed by atoms with E-state index in [1.54, 1.807) is 0 Å². The first-order valence-corrected chi connectivity index (χ1v) is 14.1. The first-order valence-electron chi connectivity index (χ1n) is 14.1. The number of furan rings is 1. The molecule has 9 aromatic rings. The van der Waals surface area contributed by atoms with E-state index >= 15 is 0 Å². The Hall–Kier alpha value is -5.74. The van der Waals surface area contributed by atoms with Crippen molar-refractivity contribution in [3.05, 3.63) is 140 Å². The molecule has 3 heterocycles. The topological polar surface area (TPSA) is 43.9 Å². The number of nitrogens with zero attached hydrogens (tertiary/aromatic N) is 3. The molecule has 0 aliphatic rings. The normalized spacial score (nSPS) is 11.8. The van der Waals surface area contributed by atoms with Crippen molar-refractivity contribution in [2.45, 2.75) is 0 Å². The Morgan fingerprint density at radius 3 is 1.95 bits per heavy atom. The molecule has 0 aliphatic carbocycles. The Balaban J connectivity index is 1.38. The van der Waals surface area contributed by atoms with Crippen LogP contribution in [0.2, 0.25) is 0 Å². The van der Waals surface area contributed by atoms with E-state index in [0.29, 0.717) is 5.82 Å². The van der Waals surface area contributed by atoms with Gasteiger partial charge in [0.25, 0.3) is 0 Å². The fourth-order valence-electron chi connectivity index (χ4n) is 6.32. The van der Waals surface area contributed by atoms with Gasteiger partial charge < -0.3 is 4.42 Å². The van der Waals surface area contributed by atoms with Gasteiger partial charge in [-0.15, -0.1) is 0 Å². The van der Waals surface area contributed by atoms with Crippen molar-refractivity contribution >= 4 is 54.5 Å². The summed E-state index contributed by atoms with van der Waals surface area (Å²) in [4.78, 5) is 10.2. The largest absolute Gasteiger partial charge is 0.455 e. The van der Waals surface area contributed by atoms with Gasteiger partial charge in [0.05, 0.1) is 16.7 Å². The lowest BCUT2D eigenvalue weighted by Crippen LogP contribution is -2.02. The smallest absolute Gasteiger partial charge is 0.162 e. The summed E-state index contributed by atoms with van der Waals surface area (Å²) >= 11 is 0. The van der Waals surface area contributed by atoms with Gasteiger partial charge in [0.15, 0.2) is 5.82 Å². The highest BCUT2D eigenvalue weighted by Gasteiger charge is 2.19. The van der Waals surface area contributed by atoms with Gasteiger partial charge in [-0.05, 0) is 35.7 Å². The van der Waals surface area contributed by atoms with Gasteiger partial charge in [-0.25, -0.2) is 9.97 Å². The maximum atomic E-state index is 6.42. The summed E-state index contributed by atoms with van der Waals surface area (Å²) in [6.07, 6.45) is 0. The second-order valence-corrected chi connectivity index (χ2v) is 10.6. The molecule has 0 spiro atoms.